The van der Waals surface area contributed by atoms with Gasteiger partial charge >= 0.3 is 6.03 Å². The molecular weight excluding hydrogens is 252 g/mol. The Morgan fingerprint density at radius 1 is 0.900 bits per heavy atom. The first kappa shape index (κ1) is 13.8. The second kappa shape index (κ2) is 6.02. The van der Waals surface area contributed by atoms with Crippen LogP contribution in [0.25, 0.3) is 0 Å². The molecule has 4 nitrogen and oxygen atoms in total. The zero-order chi connectivity index (χ0) is 14.5. The zero-order valence-electron chi connectivity index (χ0n) is 11.4. The summed E-state index contributed by atoms with van der Waals surface area (Å²) in [5.41, 5.74) is 3.02. The topological polar surface area (TPSA) is 58.2 Å². The van der Waals surface area contributed by atoms with Crippen LogP contribution in [0.3, 0.4) is 0 Å². The molecule has 102 valence electrons. The number of hydrogen-bond donors (Lipinski definition) is 2. The van der Waals surface area contributed by atoms with Gasteiger partial charge in [-0.2, -0.15) is 0 Å². The van der Waals surface area contributed by atoms with Crippen LogP contribution in [-0.2, 0) is 0 Å². The second-order valence-electron chi connectivity index (χ2n) is 4.53. The highest BCUT2D eigenvalue weighted by molar-refractivity contribution is 6.00. The SMILES string of the molecule is CC(=O)c1ccc(NC(=O)Nc2ccccc2C)cc1. The van der Waals surface area contributed by atoms with E-state index in [-0.39, 0.29) is 11.8 Å². The summed E-state index contributed by atoms with van der Waals surface area (Å²) in [6, 6.07) is 14.0. The lowest BCUT2D eigenvalue weighted by Crippen LogP contribution is -2.19. The van der Waals surface area contributed by atoms with E-state index in [1.165, 1.54) is 6.92 Å². The fourth-order valence-electron chi connectivity index (χ4n) is 1.79. The lowest BCUT2D eigenvalue weighted by molar-refractivity contribution is 0.101. The van der Waals surface area contributed by atoms with Crippen LogP contribution in [0, 0.1) is 6.92 Å². The van der Waals surface area contributed by atoms with E-state index in [0.29, 0.717) is 11.3 Å². The number of carbonyl (C=O) groups excluding carboxylic acids is 2. The summed E-state index contributed by atoms with van der Waals surface area (Å²) in [4.78, 5) is 23.0. The average molecular weight is 268 g/mol. The van der Waals surface area contributed by atoms with Crippen molar-refractivity contribution in [2.24, 2.45) is 0 Å². The number of aryl methyl sites for hydroxylation is 1. The van der Waals surface area contributed by atoms with Crippen molar-refractivity contribution >= 4 is 23.2 Å². The maximum atomic E-state index is 11.9. The molecule has 0 saturated heterocycles. The number of hydrogen-bond acceptors (Lipinski definition) is 2. The molecule has 2 aromatic rings. The van der Waals surface area contributed by atoms with Gasteiger partial charge in [-0.25, -0.2) is 4.79 Å². The van der Waals surface area contributed by atoms with Crippen molar-refractivity contribution in [3.8, 4) is 0 Å². The van der Waals surface area contributed by atoms with Crippen LogP contribution >= 0.6 is 0 Å². The number of amides is 2. The Labute approximate surface area is 117 Å². The summed E-state index contributed by atoms with van der Waals surface area (Å²) < 4.78 is 0. The quantitative estimate of drug-likeness (QED) is 0.831. The molecular formula is C16H16N2O2. The second-order valence-corrected chi connectivity index (χ2v) is 4.53. The van der Waals surface area contributed by atoms with Crippen LogP contribution in [0.5, 0.6) is 0 Å². The van der Waals surface area contributed by atoms with Gasteiger partial charge in [-0.3, -0.25) is 4.79 Å². The van der Waals surface area contributed by atoms with E-state index in [9.17, 15) is 9.59 Å². The van der Waals surface area contributed by atoms with E-state index in [1.54, 1.807) is 24.3 Å². The van der Waals surface area contributed by atoms with Crippen LogP contribution in [-0.4, -0.2) is 11.8 Å². The Kier molecular flexibility index (Phi) is 4.15. The third-order valence-corrected chi connectivity index (χ3v) is 2.94. The number of rotatable bonds is 3. The Bertz CT molecular complexity index is 633. The fourth-order valence-corrected chi connectivity index (χ4v) is 1.79. The maximum Gasteiger partial charge on any atom is 0.323 e. The van der Waals surface area contributed by atoms with Gasteiger partial charge in [0.05, 0.1) is 0 Å². The minimum atomic E-state index is -0.310. The molecule has 0 spiro atoms. The molecule has 0 radical (unpaired) electrons. The van der Waals surface area contributed by atoms with Gasteiger partial charge in [0.2, 0.25) is 0 Å². The predicted octanol–water partition coefficient (Wildman–Crippen LogP) is 3.84. The average Bonchev–Trinajstić information content (AvgIpc) is 2.42. The summed E-state index contributed by atoms with van der Waals surface area (Å²) in [7, 11) is 0. The van der Waals surface area contributed by atoms with Gasteiger partial charge in [0.15, 0.2) is 5.78 Å². The van der Waals surface area contributed by atoms with E-state index in [1.807, 2.05) is 31.2 Å². The Morgan fingerprint density at radius 3 is 2.15 bits per heavy atom. The first-order valence-corrected chi connectivity index (χ1v) is 6.31. The number of benzene rings is 2. The highest BCUT2D eigenvalue weighted by Gasteiger charge is 2.05. The van der Waals surface area contributed by atoms with Crippen molar-refractivity contribution < 1.29 is 9.59 Å². The molecule has 0 atom stereocenters. The van der Waals surface area contributed by atoms with Gasteiger partial charge < -0.3 is 10.6 Å². The van der Waals surface area contributed by atoms with Crippen molar-refractivity contribution in [3.63, 3.8) is 0 Å². The van der Waals surface area contributed by atoms with E-state index >= 15 is 0 Å². The largest absolute Gasteiger partial charge is 0.323 e. The molecule has 0 unspecified atom stereocenters. The molecule has 0 aliphatic carbocycles. The third kappa shape index (κ3) is 3.45. The number of urea groups is 1. The van der Waals surface area contributed by atoms with Crippen LogP contribution in [0.2, 0.25) is 0 Å². The molecule has 2 amide bonds. The number of para-hydroxylation sites is 1. The van der Waals surface area contributed by atoms with Crippen LogP contribution < -0.4 is 10.6 Å². The molecule has 2 N–H and O–H groups in total. The van der Waals surface area contributed by atoms with Crippen molar-refractivity contribution in [1.82, 2.24) is 0 Å². The summed E-state index contributed by atoms with van der Waals surface area (Å²) in [6.45, 7) is 3.44. The van der Waals surface area contributed by atoms with Gasteiger partial charge in [0.25, 0.3) is 0 Å². The molecule has 0 aromatic heterocycles. The smallest absolute Gasteiger partial charge is 0.308 e. The summed E-state index contributed by atoms with van der Waals surface area (Å²) in [6.07, 6.45) is 0. The lowest BCUT2D eigenvalue weighted by Gasteiger charge is -2.09. The lowest BCUT2D eigenvalue weighted by atomic mass is 10.1. The zero-order valence-corrected chi connectivity index (χ0v) is 11.4. The van der Waals surface area contributed by atoms with Crippen molar-refractivity contribution in [2.45, 2.75) is 13.8 Å². The van der Waals surface area contributed by atoms with Crippen LogP contribution in [0.4, 0.5) is 16.2 Å². The molecule has 20 heavy (non-hydrogen) atoms. The molecule has 0 bridgehead atoms. The Morgan fingerprint density at radius 2 is 1.55 bits per heavy atom. The molecule has 0 fully saturated rings. The van der Waals surface area contributed by atoms with Gasteiger partial charge in [-0.1, -0.05) is 18.2 Å². The van der Waals surface area contributed by atoms with Crippen molar-refractivity contribution in [2.75, 3.05) is 10.6 Å². The van der Waals surface area contributed by atoms with E-state index in [4.69, 9.17) is 0 Å². The number of carbonyl (C=O) groups is 2. The summed E-state index contributed by atoms with van der Waals surface area (Å²) >= 11 is 0. The molecule has 2 aromatic carbocycles. The Hall–Kier alpha value is -2.62. The number of Topliss-reactive ketones (excluding diaryl/α,β-unsaturated/α-hetero) is 1. The highest BCUT2D eigenvalue weighted by atomic mass is 16.2. The highest BCUT2D eigenvalue weighted by Crippen LogP contribution is 2.14. The molecule has 0 heterocycles. The fraction of sp³-hybridized carbons (Fsp3) is 0.125. The first-order chi connectivity index (χ1) is 9.56. The van der Waals surface area contributed by atoms with Crippen molar-refractivity contribution in [3.05, 3.63) is 59.7 Å². The number of ketones is 1. The first-order valence-electron chi connectivity index (χ1n) is 6.31. The minimum Gasteiger partial charge on any atom is -0.308 e. The standard InChI is InChI=1S/C16H16N2O2/c1-11-5-3-4-6-15(11)18-16(20)17-14-9-7-13(8-10-14)12(2)19/h3-10H,1-2H3,(H2,17,18,20). The van der Waals surface area contributed by atoms with Crippen molar-refractivity contribution in [1.29, 1.82) is 0 Å². The van der Waals surface area contributed by atoms with E-state index in [0.717, 1.165) is 11.3 Å². The maximum absolute atomic E-state index is 11.9. The third-order valence-electron chi connectivity index (χ3n) is 2.94. The molecule has 0 saturated carbocycles. The molecule has 0 aliphatic rings. The normalized spacial score (nSPS) is 9.90. The van der Waals surface area contributed by atoms with Gasteiger partial charge in [-0.15, -0.1) is 0 Å². The van der Waals surface area contributed by atoms with Gasteiger partial charge in [-0.05, 0) is 49.7 Å². The van der Waals surface area contributed by atoms with Crippen LogP contribution in [0.15, 0.2) is 48.5 Å². The minimum absolute atomic E-state index is 0.000844. The van der Waals surface area contributed by atoms with Gasteiger partial charge in [0.1, 0.15) is 0 Å². The van der Waals surface area contributed by atoms with E-state index in [2.05, 4.69) is 10.6 Å². The van der Waals surface area contributed by atoms with Gasteiger partial charge in [0, 0.05) is 16.9 Å². The van der Waals surface area contributed by atoms with E-state index < -0.39 is 0 Å². The number of anilines is 2. The number of nitrogens with one attached hydrogen (secondary N) is 2. The molecule has 0 aliphatic heterocycles. The Balaban J connectivity index is 2.01. The molecule has 4 heteroatoms. The predicted molar refractivity (Wildman–Crippen MR) is 80.3 cm³/mol. The van der Waals surface area contributed by atoms with Crippen LogP contribution in [0.1, 0.15) is 22.8 Å². The molecule has 2 rings (SSSR count). The summed E-state index contributed by atoms with van der Waals surface area (Å²) in [5, 5.41) is 5.50. The monoisotopic (exact) mass is 268 g/mol. The summed E-state index contributed by atoms with van der Waals surface area (Å²) in [5.74, 6) is 0.000844.